The largest absolute Gasteiger partial charge is 0.368 e. The fourth-order valence-electron chi connectivity index (χ4n) is 1.08. The minimum absolute atomic E-state index is 0.246. The maximum absolute atomic E-state index is 9.13. The van der Waals surface area contributed by atoms with Crippen molar-refractivity contribution in [3.05, 3.63) is 0 Å². The first-order chi connectivity index (χ1) is 4.20. The molecule has 9 heavy (non-hydrogen) atoms. The highest BCUT2D eigenvalue weighted by Crippen LogP contribution is 2.22. The summed E-state index contributed by atoms with van der Waals surface area (Å²) in [5.41, 5.74) is 0. The van der Waals surface area contributed by atoms with Crippen molar-refractivity contribution < 1.29 is 9.84 Å². The van der Waals surface area contributed by atoms with E-state index in [9.17, 15) is 0 Å². The molecule has 0 saturated carbocycles. The Balaban J connectivity index is 2.35. The van der Waals surface area contributed by atoms with Crippen LogP contribution in [0.2, 0.25) is 0 Å². The lowest BCUT2D eigenvalue weighted by Crippen LogP contribution is -2.31. The summed E-state index contributed by atoms with van der Waals surface area (Å²) in [7, 11) is 0. The molecule has 1 aliphatic rings. The van der Waals surface area contributed by atoms with Crippen LogP contribution in [0.1, 0.15) is 26.7 Å². The molecule has 0 aromatic carbocycles. The van der Waals surface area contributed by atoms with E-state index in [4.69, 9.17) is 9.84 Å². The summed E-state index contributed by atoms with van der Waals surface area (Å²) < 4.78 is 5.15. The van der Waals surface area contributed by atoms with Gasteiger partial charge in [0.2, 0.25) is 0 Å². The van der Waals surface area contributed by atoms with Crippen molar-refractivity contribution in [2.24, 2.45) is 5.92 Å². The molecule has 0 amide bonds. The smallest absolute Gasteiger partial charge is 0.157 e. The maximum Gasteiger partial charge on any atom is 0.157 e. The molecule has 1 N–H and O–H groups in total. The second-order valence-corrected chi connectivity index (χ2v) is 2.89. The molecule has 1 rings (SSSR count). The van der Waals surface area contributed by atoms with Crippen molar-refractivity contribution in [2.75, 3.05) is 0 Å². The molecule has 0 aliphatic carbocycles. The third kappa shape index (κ3) is 1.66. The van der Waals surface area contributed by atoms with Gasteiger partial charge in [0.25, 0.3) is 0 Å². The molecule has 3 atom stereocenters. The lowest BCUT2D eigenvalue weighted by molar-refractivity contribution is -0.184. The van der Waals surface area contributed by atoms with Crippen LogP contribution in [-0.2, 0) is 4.74 Å². The van der Waals surface area contributed by atoms with Crippen molar-refractivity contribution in [3.8, 4) is 0 Å². The van der Waals surface area contributed by atoms with Crippen LogP contribution < -0.4 is 0 Å². The van der Waals surface area contributed by atoms with Gasteiger partial charge in [0.15, 0.2) is 6.29 Å². The molecule has 54 valence electrons. The highest BCUT2D eigenvalue weighted by Gasteiger charge is 2.23. The van der Waals surface area contributed by atoms with Crippen molar-refractivity contribution in [1.29, 1.82) is 0 Å². The summed E-state index contributed by atoms with van der Waals surface area (Å²) in [6.45, 7) is 4.01. The minimum Gasteiger partial charge on any atom is -0.368 e. The lowest BCUT2D eigenvalue weighted by atomic mass is 10.00. The number of ether oxygens (including phenoxy) is 1. The van der Waals surface area contributed by atoms with Crippen molar-refractivity contribution in [3.63, 3.8) is 0 Å². The summed E-state index contributed by atoms with van der Waals surface area (Å²) in [6.07, 6.45) is 1.89. The van der Waals surface area contributed by atoms with Crippen LogP contribution in [-0.4, -0.2) is 17.5 Å². The average molecular weight is 130 g/mol. The van der Waals surface area contributed by atoms with Crippen LogP contribution >= 0.6 is 0 Å². The van der Waals surface area contributed by atoms with Crippen molar-refractivity contribution >= 4 is 0 Å². The topological polar surface area (TPSA) is 29.5 Å². The van der Waals surface area contributed by atoms with Gasteiger partial charge in [0.05, 0.1) is 6.10 Å². The quantitative estimate of drug-likeness (QED) is 0.533. The number of rotatable bonds is 0. The second-order valence-electron chi connectivity index (χ2n) is 2.89. The lowest BCUT2D eigenvalue weighted by Gasteiger charge is -2.29. The first-order valence-corrected chi connectivity index (χ1v) is 3.53. The van der Waals surface area contributed by atoms with Gasteiger partial charge in [-0.3, -0.25) is 0 Å². The monoisotopic (exact) mass is 130 g/mol. The first kappa shape index (κ1) is 7.03. The van der Waals surface area contributed by atoms with Gasteiger partial charge in [-0.2, -0.15) is 0 Å². The zero-order valence-electron chi connectivity index (χ0n) is 6.00. The molecule has 2 nitrogen and oxygen atoms in total. The van der Waals surface area contributed by atoms with Gasteiger partial charge in [-0.15, -0.1) is 0 Å². The zero-order valence-corrected chi connectivity index (χ0v) is 6.00. The molecule has 0 aromatic heterocycles. The van der Waals surface area contributed by atoms with Gasteiger partial charge in [0, 0.05) is 5.92 Å². The SMILES string of the molecule is C[C@@H]1CC[C@@H](C)[C@H](O)O1. The van der Waals surface area contributed by atoms with E-state index in [1.165, 1.54) is 0 Å². The Hall–Kier alpha value is -0.0800. The van der Waals surface area contributed by atoms with E-state index >= 15 is 0 Å². The molecule has 1 heterocycles. The molecular weight excluding hydrogens is 116 g/mol. The van der Waals surface area contributed by atoms with Crippen molar-refractivity contribution in [2.45, 2.75) is 39.1 Å². The van der Waals surface area contributed by atoms with E-state index in [1.807, 2.05) is 13.8 Å². The Bertz CT molecular complexity index is 92.9. The molecular formula is C7H14O2. The van der Waals surface area contributed by atoms with E-state index in [-0.39, 0.29) is 6.10 Å². The third-order valence-corrected chi connectivity index (χ3v) is 1.89. The number of aliphatic hydroxyl groups excluding tert-OH is 1. The third-order valence-electron chi connectivity index (χ3n) is 1.89. The van der Waals surface area contributed by atoms with Crippen LogP contribution in [0.3, 0.4) is 0 Å². The molecule has 0 spiro atoms. The van der Waals surface area contributed by atoms with E-state index in [0.717, 1.165) is 12.8 Å². The van der Waals surface area contributed by atoms with Gasteiger partial charge in [0.1, 0.15) is 0 Å². The summed E-state index contributed by atoms with van der Waals surface area (Å²) >= 11 is 0. The number of hydrogen-bond acceptors (Lipinski definition) is 2. The van der Waals surface area contributed by atoms with E-state index in [2.05, 4.69) is 0 Å². The van der Waals surface area contributed by atoms with Gasteiger partial charge >= 0.3 is 0 Å². The molecule has 0 bridgehead atoms. The van der Waals surface area contributed by atoms with Gasteiger partial charge < -0.3 is 9.84 Å². The second kappa shape index (κ2) is 2.67. The highest BCUT2D eigenvalue weighted by molar-refractivity contribution is 4.66. The molecule has 1 fully saturated rings. The summed E-state index contributed by atoms with van der Waals surface area (Å²) in [4.78, 5) is 0. The fourth-order valence-corrected chi connectivity index (χ4v) is 1.08. The van der Waals surface area contributed by atoms with Crippen LogP contribution in [0.15, 0.2) is 0 Å². The van der Waals surface area contributed by atoms with E-state index < -0.39 is 6.29 Å². The normalized spacial score (nSPS) is 45.0. The van der Waals surface area contributed by atoms with E-state index in [0.29, 0.717) is 5.92 Å². The predicted molar refractivity (Wildman–Crippen MR) is 35.0 cm³/mol. The molecule has 1 saturated heterocycles. The molecule has 0 radical (unpaired) electrons. The number of aliphatic hydroxyl groups is 1. The van der Waals surface area contributed by atoms with Gasteiger partial charge in [-0.25, -0.2) is 0 Å². The minimum atomic E-state index is -0.520. The predicted octanol–water partition coefficient (Wildman–Crippen LogP) is 1.14. The Morgan fingerprint density at radius 3 is 2.44 bits per heavy atom. The molecule has 2 heteroatoms. The van der Waals surface area contributed by atoms with Gasteiger partial charge in [-0.05, 0) is 19.8 Å². The van der Waals surface area contributed by atoms with Crippen LogP contribution in [0.25, 0.3) is 0 Å². The van der Waals surface area contributed by atoms with Crippen LogP contribution in [0.5, 0.6) is 0 Å². The Morgan fingerprint density at radius 1 is 1.33 bits per heavy atom. The highest BCUT2D eigenvalue weighted by atomic mass is 16.6. The summed E-state index contributed by atoms with van der Waals surface area (Å²) in [5, 5.41) is 9.13. The first-order valence-electron chi connectivity index (χ1n) is 3.53. The Kier molecular flexibility index (Phi) is 2.09. The van der Waals surface area contributed by atoms with Crippen LogP contribution in [0, 0.1) is 5.92 Å². The fraction of sp³-hybridized carbons (Fsp3) is 1.00. The zero-order chi connectivity index (χ0) is 6.85. The average Bonchev–Trinajstić information content (AvgIpc) is 1.80. The van der Waals surface area contributed by atoms with Gasteiger partial charge in [-0.1, -0.05) is 6.92 Å². The Labute approximate surface area is 55.8 Å². The van der Waals surface area contributed by atoms with E-state index in [1.54, 1.807) is 0 Å². The summed E-state index contributed by atoms with van der Waals surface area (Å²) in [6, 6.07) is 0. The van der Waals surface area contributed by atoms with Crippen LogP contribution in [0.4, 0.5) is 0 Å². The molecule has 0 aromatic rings. The maximum atomic E-state index is 9.13. The number of hydrogen-bond donors (Lipinski definition) is 1. The molecule has 0 unspecified atom stereocenters. The standard InChI is InChI=1S/C7H14O2/c1-5-3-4-6(2)9-7(5)8/h5-8H,3-4H2,1-2H3/t5-,6-,7-/m1/s1. The van der Waals surface area contributed by atoms with Crippen molar-refractivity contribution in [1.82, 2.24) is 0 Å². The molecule has 1 aliphatic heterocycles. The summed E-state index contributed by atoms with van der Waals surface area (Å²) in [5.74, 6) is 0.321. The Morgan fingerprint density at radius 2 is 2.00 bits per heavy atom.